The molecule has 2 atom stereocenters. The number of pyridine rings is 1. The van der Waals surface area contributed by atoms with Crippen molar-refractivity contribution in [3.8, 4) is 17.1 Å². The molecule has 0 aliphatic carbocycles. The molecule has 34 heavy (non-hydrogen) atoms. The number of benzene rings is 1. The number of aliphatic hydroxyl groups is 1. The average Bonchev–Trinajstić information content (AvgIpc) is 3.35. The van der Waals surface area contributed by atoms with Crippen LogP contribution in [-0.2, 0) is 0 Å². The van der Waals surface area contributed by atoms with E-state index in [9.17, 15) is 5.11 Å². The summed E-state index contributed by atoms with van der Waals surface area (Å²) >= 11 is 0. The number of ether oxygens (including phenoxy) is 1. The molecule has 0 spiro atoms. The van der Waals surface area contributed by atoms with Crippen molar-refractivity contribution in [1.82, 2.24) is 14.9 Å². The van der Waals surface area contributed by atoms with Crippen molar-refractivity contribution < 1.29 is 14.3 Å². The van der Waals surface area contributed by atoms with Gasteiger partial charge < -0.3 is 24.5 Å². The quantitative estimate of drug-likeness (QED) is 0.427. The third-order valence-corrected chi connectivity index (χ3v) is 6.32. The molecule has 1 aliphatic rings. The Bertz CT molecular complexity index is 1120. The Kier molecular flexibility index (Phi) is 6.96. The first kappa shape index (κ1) is 24.2. The molecular weight excluding hydrogens is 428 g/mol. The molecule has 182 valence electrons. The minimum Gasteiger partial charge on any atom is -0.494 e. The second kappa shape index (κ2) is 9.76. The first-order valence-electron chi connectivity index (χ1n) is 11.9. The van der Waals surface area contributed by atoms with E-state index in [-0.39, 0.29) is 12.0 Å². The van der Waals surface area contributed by atoms with E-state index in [1.54, 1.807) is 6.20 Å². The van der Waals surface area contributed by atoms with Crippen LogP contribution in [0.3, 0.4) is 0 Å². The zero-order valence-corrected chi connectivity index (χ0v) is 21.1. The number of aryl methyl sites for hydroxylation is 1. The van der Waals surface area contributed by atoms with Crippen LogP contribution in [-0.4, -0.2) is 52.8 Å². The van der Waals surface area contributed by atoms with Crippen LogP contribution in [0.1, 0.15) is 61.2 Å². The number of rotatable bonds is 9. The van der Waals surface area contributed by atoms with Gasteiger partial charge in [0, 0.05) is 36.7 Å². The van der Waals surface area contributed by atoms with Gasteiger partial charge in [0.2, 0.25) is 0 Å². The van der Waals surface area contributed by atoms with Gasteiger partial charge >= 0.3 is 0 Å². The fourth-order valence-corrected chi connectivity index (χ4v) is 4.75. The highest BCUT2D eigenvalue weighted by Crippen LogP contribution is 2.49. The highest BCUT2D eigenvalue weighted by atomic mass is 16.5. The molecule has 0 fully saturated rings. The van der Waals surface area contributed by atoms with Gasteiger partial charge in [-0.2, -0.15) is 0 Å². The number of aromatic nitrogens is 2. The predicted molar refractivity (Wildman–Crippen MR) is 134 cm³/mol. The van der Waals surface area contributed by atoms with E-state index in [4.69, 9.17) is 14.1 Å². The van der Waals surface area contributed by atoms with Crippen LogP contribution in [0, 0.1) is 13.8 Å². The topological polar surface area (TPSA) is 83.7 Å². The smallest absolute Gasteiger partial charge is 0.191 e. The van der Waals surface area contributed by atoms with Crippen LogP contribution >= 0.6 is 0 Å². The van der Waals surface area contributed by atoms with Gasteiger partial charge in [-0.3, -0.25) is 0 Å². The van der Waals surface area contributed by atoms with Crippen molar-refractivity contribution in [2.45, 2.75) is 58.1 Å². The molecule has 0 radical (unpaired) electrons. The second-order valence-corrected chi connectivity index (χ2v) is 10.1. The minimum atomic E-state index is -0.826. The van der Waals surface area contributed by atoms with E-state index in [1.807, 2.05) is 39.1 Å². The Morgan fingerprint density at radius 1 is 1.12 bits per heavy atom. The van der Waals surface area contributed by atoms with Crippen LogP contribution in [0.5, 0.6) is 5.75 Å². The van der Waals surface area contributed by atoms with Gasteiger partial charge in [-0.1, -0.05) is 12.1 Å². The molecule has 2 unspecified atom stereocenters. The predicted octanol–water partition coefficient (Wildman–Crippen LogP) is 5.10. The lowest BCUT2D eigenvalue weighted by molar-refractivity contribution is 0.0615. The molecule has 0 bridgehead atoms. The van der Waals surface area contributed by atoms with Crippen LogP contribution < -0.4 is 10.1 Å². The molecule has 0 saturated heterocycles. The third kappa shape index (κ3) is 5.42. The maximum Gasteiger partial charge on any atom is 0.191 e. The Balaban J connectivity index is 1.60. The summed E-state index contributed by atoms with van der Waals surface area (Å²) in [5.41, 5.74) is 3.48. The normalized spacial score (nSPS) is 17.6. The zero-order valence-electron chi connectivity index (χ0n) is 21.1. The van der Waals surface area contributed by atoms with Crippen LogP contribution in [0.25, 0.3) is 11.3 Å². The van der Waals surface area contributed by atoms with Crippen molar-refractivity contribution in [2.24, 2.45) is 0 Å². The lowest BCUT2D eigenvalue weighted by Crippen LogP contribution is -2.25. The van der Waals surface area contributed by atoms with Crippen LogP contribution in [0.2, 0.25) is 0 Å². The molecule has 2 aromatic heterocycles. The number of nitrogens with zero attached hydrogens (tertiary/aromatic N) is 3. The lowest BCUT2D eigenvalue weighted by atomic mass is 9.81. The SMILES string of the molecule is Cc1ncc(-c2cnc3c(c2C)C(CC(C)(C)O)C(c2ccc(OCCCN(C)C)cc2)N3)o1. The maximum atomic E-state index is 10.8. The monoisotopic (exact) mass is 464 g/mol. The van der Waals surface area contributed by atoms with Crippen molar-refractivity contribution >= 4 is 5.82 Å². The second-order valence-electron chi connectivity index (χ2n) is 10.1. The average molecular weight is 465 g/mol. The molecule has 2 N–H and O–H groups in total. The summed E-state index contributed by atoms with van der Waals surface area (Å²) in [5.74, 6) is 3.13. The fraction of sp³-hybridized carbons (Fsp3) is 0.481. The van der Waals surface area contributed by atoms with Gasteiger partial charge in [0.05, 0.1) is 24.4 Å². The van der Waals surface area contributed by atoms with Crippen LogP contribution in [0.15, 0.2) is 41.1 Å². The van der Waals surface area contributed by atoms with Gasteiger partial charge in [-0.25, -0.2) is 9.97 Å². The van der Waals surface area contributed by atoms with Crippen molar-refractivity contribution in [3.63, 3.8) is 0 Å². The van der Waals surface area contributed by atoms with E-state index in [0.717, 1.165) is 46.8 Å². The third-order valence-electron chi connectivity index (χ3n) is 6.32. The molecular formula is C27H36N4O3. The van der Waals surface area contributed by atoms with Gasteiger partial charge in [-0.05, 0) is 71.0 Å². The first-order valence-corrected chi connectivity index (χ1v) is 11.9. The van der Waals surface area contributed by atoms with E-state index in [2.05, 4.69) is 48.4 Å². The summed E-state index contributed by atoms with van der Waals surface area (Å²) in [5, 5.41) is 14.4. The highest BCUT2D eigenvalue weighted by molar-refractivity contribution is 5.70. The molecule has 1 aromatic carbocycles. The molecule has 7 heteroatoms. The molecule has 0 saturated carbocycles. The summed E-state index contributed by atoms with van der Waals surface area (Å²) in [6, 6.07) is 8.28. The maximum absolute atomic E-state index is 10.8. The van der Waals surface area contributed by atoms with Crippen molar-refractivity contribution in [3.05, 3.63) is 59.2 Å². The zero-order chi connectivity index (χ0) is 24.5. The first-order chi connectivity index (χ1) is 16.1. The summed E-state index contributed by atoms with van der Waals surface area (Å²) in [6.07, 6.45) is 5.17. The lowest BCUT2D eigenvalue weighted by Gasteiger charge is -2.28. The number of fused-ring (bicyclic) bond motifs is 1. The molecule has 0 amide bonds. The Morgan fingerprint density at radius 2 is 1.85 bits per heavy atom. The minimum absolute atomic E-state index is 0.00197. The largest absolute Gasteiger partial charge is 0.494 e. The van der Waals surface area contributed by atoms with E-state index < -0.39 is 5.60 Å². The Labute approximate surface area is 202 Å². The number of hydrogen-bond acceptors (Lipinski definition) is 7. The Morgan fingerprint density at radius 3 is 2.47 bits per heavy atom. The van der Waals surface area contributed by atoms with Crippen molar-refractivity contribution in [2.75, 3.05) is 32.6 Å². The molecule has 3 aromatic rings. The van der Waals surface area contributed by atoms with Gasteiger partial charge in [0.1, 0.15) is 11.6 Å². The summed E-state index contributed by atoms with van der Waals surface area (Å²) in [6.45, 7) is 9.35. The molecule has 7 nitrogen and oxygen atoms in total. The molecule has 3 heterocycles. The van der Waals surface area contributed by atoms with Crippen molar-refractivity contribution in [1.29, 1.82) is 0 Å². The van der Waals surface area contributed by atoms with E-state index >= 15 is 0 Å². The molecule has 4 rings (SSSR count). The van der Waals surface area contributed by atoms with E-state index in [0.29, 0.717) is 24.7 Å². The summed E-state index contributed by atoms with van der Waals surface area (Å²) in [7, 11) is 4.13. The summed E-state index contributed by atoms with van der Waals surface area (Å²) in [4.78, 5) is 11.1. The number of oxazole rings is 1. The number of anilines is 1. The standard InChI is InChI=1S/C27H36N4O3/c1-17-22(23-16-28-18(2)34-23)15-29-26-24(17)21(14-27(3,4)32)25(30-26)19-8-10-20(11-9-19)33-13-7-12-31(5)6/h8-11,15-16,21,25,32H,7,12-14H2,1-6H3,(H,29,30). The number of nitrogens with one attached hydrogen (secondary N) is 1. The number of hydrogen-bond donors (Lipinski definition) is 2. The Hall–Kier alpha value is -2.90. The summed E-state index contributed by atoms with van der Waals surface area (Å²) < 4.78 is 11.7. The fourth-order valence-electron chi connectivity index (χ4n) is 4.75. The van der Waals surface area contributed by atoms with Gasteiger partial charge in [0.15, 0.2) is 11.7 Å². The molecule has 1 aliphatic heterocycles. The van der Waals surface area contributed by atoms with Crippen LogP contribution in [0.4, 0.5) is 5.82 Å². The van der Waals surface area contributed by atoms with Gasteiger partial charge in [-0.15, -0.1) is 0 Å². The van der Waals surface area contributed by atoms with E-state index in [1.165, 1.54) is 0 Å². The highest BCUT2D eigenvalue weighted by Gasteiger charge is 2.39. The van der Waals surface area contributed by atoms with Gasteiger partial charge in [0.25, 0.3) is 0 Å².